The van der Waals surface area contributed by atoms with Gasteiger partial charge in [0.2, 0.25) is 0 Å². The summed E-state index contributed by atoms with van der Waals surface area (Å²) < 4.78 is 33.0. The van der Waals surface area contributed by atoms with Crippen molar-refractivity contribution in [3.8, 4) is 0 Å². The zero-order valence-electron chi connectivity index (χ0n) is 11.2. The van der Waals surface area contributed by atoms with Gasteiger partial charge in [-0.25, -0.2) is 0 Å². The van der Waals surface area contributed by atoms with E-state index in [0.29, 0.717) is 25.1 Å². The first kappa shape index (κ1) is 14.9. The number of aromatic amines is 1. The van der Waals surface area contributed by atoms with Gasteiger partial charge in [-0.1, -0.05) is 0 Å². The van der Waals surface area contributed by atoms with Crippen LogP contribution in [-0.2, 0) is 26.3 Å². The smallest absolute Gasteiger partial charge is 0.324 e. The molecule has 0 aromatic carbocycles. The van der Waals surface area contributed by atoms with Crippen LogP contribution >= 0.6 is 0 Å². The van der Waals surface area contributed by atoms with Gasteiger partial charge in [-0.05, 0) is 25.8 Å². The normalized spacial score (nSPS) is 20.1. The number of nitrogens with zero attached hydrogens (tertiary/aromatic N) is 2. The van der Waals surface area contributed by atoms with Crippen molar-refractivity contribution < 1.29 is 17.9 Å². The number of carbonyl (C=O) groups excluding carboxylic acids is 1. The van der Waals surface area contributed by atoms with Crippen molar-refractivity contribution in [2.75, 3.05) is 13.2 Å². The highest BCUT2D eigenvalue weighted by atomic mass is 32.2. The quantitative estimate of drug-likeness (QED) is 0.706. The van der Waals surface area contributed by atoms with Crippen molar-refractivity contribution in [3.05, 3.63) is 18.0 Å². The lowest BCUT2D eigenvalue weighted by Crippen LogP contribution is -2.46. The first-order valence-electron chi connectivity index (χ1n) is 6.46. The summed E-state index contributed by atoms with van der Waals surface area (Å²) >= 11 is 0. The number of ether oxygens (including phenoxy) is 1. The molecule has 0 bridgehead atoms. The minimum absolute atomic E-state index is 0.106. The molecule has 1 saturated heterocycles. The van der Waals surface area contributed by atoms with Crippen molar-refractivity contribution in [1.82, 2.24) is 19.2 Å². The standard InChI is InChI=1S/C11H18N4O4S/c1-2-19-11(16)10-4-3-7-15(10)20(17,18)13-8-9-5-6-12-14-9/h5-6,10,13H,2-4,7-8H2,1H3,(H,12,14). The van der Waals surface area contributed by atoms with Gasteiger partial charge >= 0.3 is 5.97 Å². The molecule has 1 atom stereocenters. The van der Waals surface area contributed by atoms with Gasteiger partial charge in [-0.3, -0.25) is 9.89 Å². The molecule has 0 radical (unpaired) electrons. The van der Waals surface area contributed by atoms with E-state index in [1.807, 2.05) is 0 Å². The van der Waals surface area contributed by atoms with Crippen LogP contribution in [0.4, 0.5) is 0 Å². The maximum Gasteiger partial charge on any atom is 0.324 e. The zero-order chi connectivity index (χ0) is 14.6. The van der Waals surface area contributed by atoms with Gasteiger partial charge in [-0.2, -0.15) is 22.5 Å². The molecule has 1 aromatic rings. The molecule has 112 valence electrons. The highest BCUT2D eigenvalue weighted by molar-refractivity contribution is 7.87. The lowest BCUT2D eigenvalue weighted by atomic mass is 10.2. The lowest BCUT2D eigenvalue weighted by Gasteiger charge is -2.22. The number of hydrogen-bond acceptors (Lipinski definition) is 5. The molecule has 1 aromatic heterocycles. The van der Waals surface area contributed by atoms with E-state index in [0.717, 1.165) is 0 Å². The van der Waals surface area contributed by atoms with E-state index < -0.39 is 22.2 Å². The average molecular weight is 302 g/mol. The van der Waals surface area contributed by atoms with Gasteiger partial charge in [0.1, 0.15) is 6.04 Å². The minimum atomic E-state index is -3.71. The molecule has 2 rings (SSSR count). The predicted molar refractivity (Wildman–Crippen MR) is 70.7 cm³/mol. The molecule has 20 heavy (non-hydrogen) atoms. The SMILES string of the molecule is CCOC(=O)C1CCCN1S(=O)(=O)NCc1ccn[nH]1. The number of H-pyrrole nitrogens is 1. The van der Waals surface area contributed by atoms with Crippen molar-refractivity contribution >= 4 is 16.2 Å². The highest BCUT2D eigenvalue weighted by Gasteiger charge is 2.39. The van der Waals surface area contributed by atoms with Crippen LogP contribution in [0.2, 0.25) is 0 Å². The number of rotatable bonds is 6. The Labute approximate surface area is 117 Å². The second-order valence-corrected chi connectivity index (χ2v) is 6.14. The van der Waals surface area contributed by atoms with Crippen LogP contribution in [0.5, 0.6) is 0 Å². The Balaban J connectivity index is 2.02. The molecule has 1 unspecified atom stereocenters. The Hall–Kier alpha value is -1.45. The van der Waals surface area contributed by atoms with Crippen LogP contribution in [0.15, 0.2) is 12.3 Å². The molecule has 1 fully saturated rings. The van der Waals surface area contributed by atoms with E-state index in [9.17, 15) is 13.2 Å². The largest absolute Gasteiger partial charge is 0.465 e. The molecule has 0 amide bonds. The van der Waals surface area contributed by atoms with Gasteiger partial charge in [0.05, 0.1) is 18.8 Å². The summed E-state index contributed by atoms with van der Waals surface area (Å²) in [6.07, 6.45) is 2.68. The number of hydrogen-bond donors (Lipinski definition) is 2. The van der Waals surface area contributed by atoms with Crippen molar-refractivity contribution in [1.29, 1.82) is 0 Å². The van der Waals surface area contributed by atoms with Crippen LogP contribution in [0.25, 0.3) is 0 Å². The third-order valence-corrected chi connectivity index (χ3v) is 4.64. The van der Waals surface area contributed by atoms with Crippen molar-refractivity contribution in [3.63, 3.8) is 0 Å². The van der Waals surface area contributed by atoms with E-state index in [-0.39, 0.29) is 13.2 Å². The average Bonchev–Trinajstić information content (AvgIpc) is 3.08. The summed E-state index contributed by atoms with van der Waals surface area (Å²) in [6, 6.07) is 0.948. The second kappa shape index (κ2) is 6.33. The summed E-state index contributed by atoms with van der Waals surface area (Å²) in [5.41, 5.74) is 0.653. The van der Waals surface area contributed by atoms with Crippen molar-refractivity contribution in [2.45, 2.75) is 32.4 Å². The Kier molecular flexibility index (Phi) is 4.73. The zero-order valence-corrected chi connectivity index (χ0v) is 12.0. The molecule has 2 heterocycles. The molecular formula is C11H18N4O4S. The number of nitrogens with one attached hydrogen (secondary N) is 2. The summed E-state index contributed by atoms with van der Waals surface area (Å²) in [5, 5.41) is 6.41. The first-order chi connectivity index (χ1) is 9.54. The van der Waals surface area contributed by atoms with Gasteiger partial charge in [-0.15, -0.1) is 0 Å². The van der Waals surface area contributed by atoms with Gasteiger partial charge < -0.3 is 4.74 Å². The molecule has 1 aliphatic rings. The molecule has 0 aliphatic carbocycles. The van der Waals surface area contributed by atoms with E-state index in [1.54, 1.807) is 19.2 Å². The van der Waals surface area contributed by atoms with E-state index in [2.05, 4.69) is 14.9 Å². The monoisotopic (exact) mass is 302 g/mol. The molecule has 9 heteroatoms. The fourth-order valence-electron chi connectivity index (χ4n) is 2.14. The Bertz CT molecular complexity index is 543. The summed E-state index contributed by atoms with van der Waals surface area (Å²) in [6.45, 7) is 2.36. The van der Waals surface area contributed by atoms with E-state index in [4.69, 9.17) is 4.74 Å². The Morgan fingerprint density at radius 1 is 1.65 bits per heavy atom. The third-order valence-electron chi connectivity index (χ3n) is 3.07. The lowest BCUT2D eigenvalue weighted by molar-refractivity contribution is -0.146. The number of carbonyl (C=O) groups is 1. The van der Waals surface area contributed by atoms with Crippen LogP contribution in [-0.4, -0.2) is 48.1 Å². The van der Waals surface area contributed by atoms with E-state index >= 15 is 0 Å². The van der Waals surface area contributed by atoms with Crippen LogP contribution in [0.1, 0.15) is 25.5 Å². The predicted octanol–water partition coefficient (Wildman–Crippen LogP) is -0.228. The van der Waals surface area contributed by atoms with E-state index in [1.165, 1.54) is 4.31 Å². The van der Waals surface area contributed by atoms with Crippen molar-refractivity contribution in [2.24, 2.45) is 0 Å². The third kappa shape index (κ3) is 3.35. The van der Waals surface area contributed by atoms with Gasteiger partial charge in [0.15, 0.2) is 0 Å². The molecule has 8 nitrogen and oxygen atoms in total. The van der Waals surface area contributed by atoms with Gasteiger partial charge in [0, 0.05) is 12.7 Å². The summed E-state index contributed by atoms with van der Waals surface area (Å²) in [4.78, 5) is 11.8. The molecule has 1 aliphatic heterocycles. The van der Waals surface area contributed by atoms with Crippen LogP contribution in [0.3, 0.4) is 0 Å². The minimum Gasteiger partial charge on any atom is -0.465 e. The van der Waals surface area contributed by atoms with Gasteiger partial charge in [0.25, 0.3) is 10.2 Å². The Morgan fingerprint density at radius 2 is 2.45 bits per heavy atom. The molecular weight excluding hydrogens is 284 g/mol. The summed E-state index contributed by atoms with van der Waals surface area (Å²) in [5.74, 6) is -0.489. The topological polar surface area (TPSA) is 104 Å². The fraction of sp³-hybridized carbons (Fsp3) is 0.636. The molecule has 2 N–H and O–H groups in total. The van der Waals surface area contributed by atoms with Crippen LogP contribution < -0.4 is 4.72 Å². The fourth-order valence-corrected chi connectivity index (χ4v) is 3.54. The Morgan fingerprint density at radius 3 is 3.10 bits per heavy atom. The van der Waals surface area contributed by atoms with Crippen LogP contribution in [0, 0.1) is 0 Å². The first-order valence-corrected chi connectivity index (χ1v) is 7.90. The number of aromatic nitrogens is 2. The maximum atomic E-state index is 12.2. The molecule has 0 spiro atoms. The second-order valence-electron chi connectivity index (χ2n) is 4.43. The summed E-state index contributed by atoms with van der Waals surface area (Å²) in [7, 11) is -3.71. The molecule has 0 saturated carbocycles. The maximum absolute atomic E-state index is 12.2. The highest BCUT2D eigenvalue weighted by Crippen LogP contribution is 2.21. The number of esters is 1.